The van der Waals surface area contributed by atoms with Crippen molar-refractivity contribution in [3.63, 3.8) is 0 Å². The largest absolute Gasteiger partial charge is 0.490 e. The van der Waals surface area contributed by atoms with Crippen molar-refractivity contribution in [1.82, 2.24) is 20.6 Å². The molecule has 2 aromatic heterocycles. The number of halogens is 1. The Morgan fingerprint density at radius 1 is 1.00 bits per heavy atom. The van der Waals surface area contributed by atoms with Gasteiger partial charge in [-0.05, 0) is 31.5 Å². The molecular formula is C22H28IN5O2S. The van der Waals surface area contributed by atoms with Gasteiger partial charge in [0.15, 0.2) is 5.96 Å². The molecule has 0 atom stereocenters. The van der Waals surface area contributed by atoms with E-state index in [0.29, 0.717) is 32.2 Å². The van der Waals surface area contributed by atoms with Crippen molar-refractivity contribution in [2.24, 2.45) is 4.99 Å². The lowest BCUT2D eigenvalue weighted by atomic mass is 10.3. The van der Waals surface area contributed by atoms with Crippen LogP contribution in [-0.2, 0) is 13.1 Å². The number of benzene rings is 1. The predicted octanol–water partition coefficient (Wildman–Crippen LogP) is 4.18. The van der Waals surface area contributed by atoms with Gasteiger partial charge in [-0.25, -0.2) is 15.0 Å². The quantitative estimate of drug-likeness (QED) is 0.170. The summed E-state index contributed by atoms with van der Waals surface area (Å²) < 4.78 is 11.2. The minimum Gasteiger partial charge on any atom is -0.490 e. The fourth-order valence-corrected chi connectivity index (χ4v) is 3.29. The van der Waals surface area contributed by atoms with Gasteiger partial charge in [0.05, 0.1) is 13.1 Å². The molecule has 2 N–H and O–H groups in total. The standard InChI is InChI=1S/C22H27N5O2S.HI/c1-3-23-22(27-16-21-25-13-17(2)30-21)26-15-18-9-10-20(24-14-18)29-12-11-28-19-7-5-4-6-8-19;/h4-10,13-14H,3,11-12,15-16H2,1-2H3,(H2,23,26,27);1H. The number of para-hydroxylation sites is 1. The molecule has 3 rings (SSSR count). The van der Waals surface area contributed by atoms with Crippen LogP contribution >= 0.6 is 35.3 Å². The highest BCUT2D eigenvalue weighted by Crippen LogP contribution is 2.11. The van der Waals surface area contributed by atoms with E-state index in [-0.39, 0.29) is 24.0 Å². The molecule has 0 saturated heterocycles. The number of hydrogen-bond acceptors (Lipinski definition) is 6. The maximum atomic E-state index is 5.63. The van der Waals surface area contributed by atoms with Crippen molar-refractivity contribution in [3.05, 3.63) is 70.3 Å². The van der Waals surface area contributed by atoms with Crippen LogP contribution in [0.25, 0.3) is 0 Å². The first-order valence-corrected chi connectivity index (χ1v) is 10.7. The molecule has 0 bridgehead atoms. The number of thiazole rings is 1. The summed E-state index contributed by atoms with van der Waals surface area (Å²) in [5.41, 5.74) is 1.00. The molecule has 0 saturated carbocycles. The van der Waals surface area contributed by atoms with E-state index in [1.807, 2.05) is 55.6 Å². The Hall–Kier alpha value is -2.40. The third-order valence-corrected chi connectivity index (χ3v) is 4.90. The minimum absolute atomic E-state index is 0. The summed E-state index contributed by atoms with van der Waals surface area (Å²) in [6, 6.07) is 13.5. The lowest BCUT2D eigenvalue weighted by molar-refractivity contribution is 0.212. The summed E-state index contributed by atoms with van der Waals surface area (Å²) in [5, 5.41) is 7.59. The third-order valence-electron chi connectivity index (χ3n) is 3.98. The zero-order chi connectivity index (χ0) is 21.0. The molecule has 0 unspecified atom stereocenters. The van der Waals surface area contributed by atoms with Gasteiger partial charge >= 0.3 is 0 Å². The highest BCUT2D eigenvalue weighted by atomic mass is 127. The smallest absolute Gasteiger partial charge is 0.213 e. The first-order chi connectivity index (χ1) is 14.7. The van der Waals surface area contributed by atoms with E-state index in [4.69, 9.17) is 9.47 Å². The van der Waals surface area contributed by atoms with E-state index in [2.05, 4.69) is 32.5 Å². The molecule has 31 heavy (non-hydrogen) atoms. The number of ether oxygens (including phenoxy) is 2. The average Bonchev–Trinajstić information content (AvgIpc) is 3.20. The van der Waals surface area contributed by atoms with E-state index in [9.17, 15) is 0 Å². The van der Waals surface area contributed by atoms with Gasteiger partial charge in [-0.2, -0.15) is 0 Å². The third kappa shape index (κ3) is 9.09. The van der Waals surface area contributed by atoms with Gasteiger partial charge in [0, 0.05) is 29.9 Å². The second-order valence-electron chi connectivity index (χ2n) is 6.43. The molecule has 166 valence electrons. The number of aliphatic imine (C=N–C) groups is 1. The van der Waals surface area contributed by atoms with Gasteiger partial charge in [-0.3, -0.25) is 0 Å². The first kappa shape index (κ1) is 24.9. The van der Waals surface area contributed by atoms with Crippen molar-refractivity contribution in [3.8, 4) is 11.6 Å². The molecule has 0 amide bonds. The number of guanidine groups is 1. The normalized spacial score (nSPS) is 10.8. The van der Waals surface area contributed by atoms with Crippen molar-refractivity contribution in [1.29, 1.82) is 0 Å². The number of pyridine rings is 1. The van der Waals surface area contributed by atoms with Gasteiger partial charge in [-0.1, -0.05) is 24.3 Å². The Kier molecular flexibility index (Phi) is 11.1. The second-order valence-corrected chi connectivity index (χ2v) is 7.75. The highest BCUT2D eigenvalue weighted by Gasteiger charge is 2.03. The van der Waals surface area contributed by atoms with Gasteiger partial charge in [0.2, 0.25) is 5.88 Å². The van der Waals surface area contributed by atoms with E-state index in [0.717, 1.165) is 28.8 Å². The summed E-state index contributed by atoms with van der Waals surface area (Å²) in [5.74, 6) is 2.16. The van der Waals surface area contributed by atoms with Crippen LogP contribution in [0.15, 0.2) is 59.9 Å². The van der Waals surface area contributed by atoms with E-state index < -0.39 is 0 Å². The summed E-state index contributed by atoms with van der Waals surface area (Å²) in [4.78, 5) is 14.5. The fraction of sp³-hybridized carbons (Fsp3) is 0.318. The maximum Gasteiger partial charge on any atom is 0.213 e. The Labute approximate surface area is 204 Å². The Balaban J connectivity index is 0.00000341. The highest BCUT2D eigenvalue weighted by molar-refractivity contribution is 14.0. The lowest BCUT2D eigenvalue weighted by Gasteiger charge is -2.10. The average molecular weight is 553 g/mol. The summed E-state index contributed by atoms with van der Waals surface area (Å²) in [6.45, 7) is 6.96. The molecule has 0 aliphatic heterocycles. The Bertz CT molecular complexity index is 919. The number of aryl methyl sites for hydroxylation is 1. The van der Waals surface area contributed by atoms with Crippen LogP contribution in [0.4, 0.5) is 0 Å². The zero-order valence-corrected chi connectivity index (χ0v) is 20.9. The van der Waals surface area contributed by atoms with Crippen molar-refractivity contribution in [2.45, 2.75) is 26.9 Å². The SMILES string of the molecule is CCNC(=NCc1ccc(OCCOc2ccccc2)nc1)NCc1ncc(C)s1.I. The van der Waals surface area contributed by atoms with Crippen molar-refractivity contribution in [2.75, 3.05) is 19.8 Å². The zero-order valence-electron chi connectivity index (χ0n) is 17.7. The van der Waals surface area contributed by atoms with Crippen molar-refractivity contribution < 1.29 is 9.47 Å². The molecule has 0 radical (unpaired) electrons. The minimum atomic E-state index is 0. The topological polar surface area (TPSA) is 80.7 Å². The monoisotopic (exact) mass is 553 g/mol. The number of nitrogens with one attached hydrogen (secondary N) is 2. The summed E-state index contributed by atoms with van der Waals surface area (Å²) in [7, 11) is 0. The summed E-state index contributed by atoms with van der Waals surface area (Å²) >= 11 is 1.68. The van der Waals surface area contributed by atoms with Crippen LogP contribution in [-0.4, -0.2) is 35.7 Å². The molecule has 2 heterocycles. The van der Waals surface area contributed by atoms with Crippen LogP contribution in [0.2, 0.25) is 0 Å². The second kappa shape index (κ2) is 13.8. The van der Waals surface area contributed by atoms with Crippen LogP contribution in [0.1, 0.15) is 22.4 Å². The molecule has 0 aliphatic carbocycles. The Morgan fingerprint density at radius 3 is 2.48 bits per heavy atom. The predicted molar refractivity (Wildman–Crippen MR) is 136 cm³/mol. The molecule has 0 spiro atoms. The Morgan fingerprint density at radius 2 is 1.81 bits per heavy atom. The molecule has 9 heteroatoms. The number of rotatable bonds is 10. The van der Waals surface area contributed by atoms with Crippen LogP contribution in [0.3, 0.4) is 0 Å². The van der Waals surface area contributed by atoms with Crippen molar-refractivity contribution >= 4 is 41.3 Å². The van der Waals surface area contributed by atoms with Gasteiger partial charge in [0.25, 0.3) is 0 Å². The molecule has 3 aromatic rings. The van der Waals surface area contributed by atoms with E-state index in [1.165, 1.54) is 4.88 Å². The first-order valence-electron chi connectivity index (χ1n) is 9.92. The molecular weight excluding hydrogens is 525 g/mol. The van der Waals surface area contributed by atoms with E-state index >= 15 is 0 Å². The van der Waals surface area contributed by atoms with Gasteiger partial charge < -0.3 is 20.1 Å². The maximum absolute atomic E-state index is 5.63. The number of hydrogen-bond donors (Lipinski definition) is 2. The van der Waals surface area contributed by atoms with E-state index in [1.54, 1.807) is 17.5 Å². The number of nitrogens with zero attached hydrogens (tertiary/aromatic N) is 3. The summed E-state index contributed by atoms with van der Waals surface area (Å²) in [6.07, 6.45) is 3.67. The van der Waals surface area contributed by atoms with Gasteiger partial charge in [0.1, 0.15) is 24.0 Å². The molecule has 1 aromatic carbocycles. The van der Waals surface area contributed by atoms with Crippen LogP contribution < -0.4 is 20.1 Å². The van der Waals surface area contributed by atoms with Gasteiger partial charge in [-0.15, -0.1) is 35.3 Å². The molecule has 0 aliphatic rings. The number of aromatic nitrogens is 2. The van der Waals surface area contributed by atoms with Crippen LogP contribution in [0.5, 0.6) is 11.6 Å². The van der Waals surface area contributed by atoms with Crippen LogP contribution in [0, 0.1) is 6.92 Å². The molecule has 0 fully saturated rings. The lowest BCUT2D eigenvalue weighted by Crippen LogP contribution is -2.36. The molecule has 7 nitrogen and oxygen atoms in total. The fourth-order valence-electron chi connectivity index (χ4n) is 2.57.